The third kappa shape index (κ3) is 2.57. The standard InChI is InChI=1S/C16H25NO2/c1-11-5-6-12(2)16(17,10-11)14-8-7-13(18-3)9-15(14)19-4/h7-9,11-12H,5-6,10,17H2,1-4H3. The minimum Gasteiger partial charge on any atom is -0.497 e. The first-order valence-electron chi connectivity index (χ1n) is 7.02. The Kier molecular flexibility index (Phi) is 4.04. The van der Waals surface area contributed by atoms with Gasteiger partial charge in [-0.2, -0.15) is 0 Å². The van der Waals surface area contributed by atoms with Gasteiger partial charge in [-0.05, 0) is 36.8 Å². The van der Waals surface area contributed by atoms with Crippen molar-refractivity contribution in [1.82, 2.24) is 0 Å². The Morgan fingerprint density at radius 3 is 2.53 bits per heavy atom. The first-order valence-corrected chi connectivity index (χ1v) is 7.02. The van der Waals surface area contributed by atoms with E-state index in [1.54, 1.807) is 14.2 Å². The maximum absolute atomic E-state index is 6.76. The third-order valence-corrected chi connectivity index (χ3v) is 4.57. The number of ether oxygens (including phenoxy) is 2. The van der Waals surface area contributed by atoms with Crippen LogP contribution < -0.4 is 15.2 Å². The average Bonchev–Trinajstić information content (AvgIpc) is 2.42. The topological polar surface area (TPSA) is 44.5 Å². The van der Waals surface area contributed by atoms with Crippen molar-refractivity contribution >= 4 is 0 Å². The number of hydrogen-bond acceptors (Lipinski definition) is 3. The fraction of sp³-hybridized carbons (Fsp3) is 0.625. The van der Waals surface area contributed by atoms with Gasteiger partial charge in [-0.1, -0.05) is 20.3 Å². The van der Waals surface area contributed by atoms with Gasteiger partial charge in [0.15, 0.2) is 0 Å². The summed E-state index contributed by atoms with van der Waals surface area (Å²) in [4.78, 5) is 0. The van der Waals surface area contributed by atoms with Crippen molar-refractivity contribution in [2.24, 2.45) is 17.6 Å². The number of benzene rings is 1. The smallest absolute Gasteiger partial charge is 0.127 e. The number of rotatable bonds is 3. The Morgan fingerprint density at radius 1 is 1.16 bits per heavy atom. The summed E-state index contributed by atoms with van der Waals surface area (Å²) >= 11 is 0. The van der Waals surface area contributed by atoms with Crippen LogP contribution in [0.4, 0.5) is 0 Å². The first-order chi connectivity index (χ1) is 9.01. The van der Waals surface area contributed by atoms with Crippen LogP contribution in [0.1, 0.15) is 38.7 Å². The highest BCUT2D eigenvalue weighted by Gasteiger charge is 2.40. The molecule has 106 valence electrons. The van der Waals surface area contributed by atoms with Crippen molar-refractivity contribution < 1.29 is 9.47 Å². The fourth-order valence-electron chi connectivity index (χ4n) is 3.23. The van der Waals surface area contributed by atoms with Gasteiger partial charge in [-0.3, -0.25) is 0 Å². The normalized spacial score (nSPS) is 31.0. The Bertz CT molecular complexity index is 446. The summed E-state index contributed by atoms with van der Waals surface area (Å²) in [6, 6.07) is 5.96. The van der Waals surface area contributed by atoms with Crippen LogP contribution in [0.3, 0.4) is 0 Å². The number of methoxy groups -OCH3 is 2. The zero-order valence-corrected chi connectivity index (χ0v) is 12.4. The zero-order valence-electron chi connectivity index (χ0n) is 12.4. The highest BCUT2D eigenvalue weighted by molar-refractivity contribution is 5.45. The molecule has 19 heavy (non-hydrogen) atoms. The molecule has 1 fully saturated rings. The van der Waals surface area contributed by atoms with Gasteiger partial charge in [0.2, 0.25) is 0 Å². The number of hydrogen-bond donors (Lipinski definition) is 1. The van der Waals surface area contributed by atoms with E-state index < -0.39 is 0 Å². The summed E-state index contributed by atoms with van der Waals surface area (Å²) < 4.78 is 10.8. The van der Waals surface area contributed by atoms with Gasteiger partial charge in [0.05, 0.1) is 14.2 Å². The Labute approximate surface area is 116 Å². The highest BCUT2D eigenvalue weighted by atomic mass is 16.5. The molecule has 2 rings (SSSR count). The van der Waals surface area contributed by atoms with Crippen molar-refractivity contribution in [2.75, 3.05) is 14.2 Å². The predicted molar refractivity (Wildman–Crippen MR) is 77.6 cm³/mol. The lowest BCUT2D eigenvalue weighted by Crippen LogP contribution is -2.47. The molecule has 1 saturated carbocycles. The second-order valence-corrected chi connectivity index (χ2v) is 5.89. The maximum Gasteiger partial charge on any atom is 0.127 e. The molecule has 1 aromatic carbocycles. The van der Waals surface area contributed by atoms with E-state index >= 15 is 0 Å². The SMILES string of the molecule is COc1ccc(C2(N)CC(C)CCC2C)c(OC)c1. The lowest BCUT2D eigenvalue weighted by molar-refractivity contribution is 0.158. The molecule has 1 aliphatic carbocycles. The molecular weight excluding hydrogens is 238 g/mol. The lowest BCUT2D eigenvalue weighted by atomic mass is 9.67. The Hall–Kier alpha value is -1.22. The minimum absolute atomic E-state index is 0.296. The van der Waals surface area contributed by atoms with Crippen LogP contribution >= 0.6 is 0 Å². The number of nitrogens with two attached hydrogens (primary N) is 1. The van der Waals surface area contributed by atoms with Crippen molar-refractivity contribution in [3.05, 3.63) is 23.8 Å². The first kappa shape index (κ1) is 14.2. The molecule has 3 atom stereocenters. The largest absolute Gasteiger partial charge is 0.497 e. The van der Waals surface area contributed by atoms with Crippen molar-refractivity contribution in [1.29, 1.82) is 0 Å². The van der Waals surface area contributed by atoms with Gasteiger partial charge in [0.25, 0.3) is 0 Å². The summed E-state index contributed by atoms with van der Waals surface area (Å²) in [7, 11) is 3.36. The van der Waals surface area contributed by atoms with Crippen molar-refractivity contribution in [2.45, 2.75) is 38.6 Å². The van der Waals surface area contributed by atoms with Crippen LogP contribution in [0.25, 0.3) is 0 Å². The molecule has 1 aliphatic rings. The van der Waals surface area contributed by atoms with Gasteiger partial charge >= 0.3 is 0 Å². The molecule has 0 spiro atoms. The molecule has 0 saturated heterocycles. The van der Waals surface area contributed by atoms with Crippen LogP contribution in [-0.2, 0) is 5.54 Å². The van der Waals surface area contributed by atoms with Gasteiger partial charge in [0.1, 0.15) is 11.5 Å². The van der Waals surface area contributed by atoms with E-state index in [4.69, 9.17) is 15.2 Å². The van der Waals surface area contributed by atoms with E-state index in [9.17, 15) is 0 Å². The Balaban J connectivity index is 2.43. The van der Waals surface area contributed by atoms with Crippen molar-refractivity contribution in [3.63, 3.8) is 0 Å². The molecule has 1 aromatic rings. The maximum atomic E-state index is 6.76. The lowest BCUT2D eigenvalue weighted by Gasteiger charge is -2.43. The van der Waals surface area contributed by atoms with E-state index in [1.807, 2.05) is 12.1 Å². The molecule has 3 unspecified atom stereocenters. The van der Waals surface area contributed by atoms with Crippen molar-refractivity contribution in [3.8, 4) is 11.5 Å². The molecule has 0 radical (unpaired) electrons. The predicted octanol–water partition coefficient (Wildman–Crippen LogP) is 3.31. The van der Waals surface area contributed by atoms with Crippen LogP contribution in [0.5, 0.6) is 11.5 Å². The van der Waals surface area contributed by atoms with E-state index in [1.165, 1.54) is 12.8 Å². The monoisotopic (exact) mass is 263 g/mol. The zero-order chi connectivity index (χ0) is 14.0. The molecule has 2 N–H and O–H groups in total. The molecule has 0 heterocycles. The second kappa shape index (κ2) is 5.41. The Morgan fingerprint density at radius 2 is 1.89 bits per heavy atom. The van der Waals surface area contributed by atoms with Gasteiger partial charge < -0.3 is 15.2 Å². The molecule has 0 aromatic heterocycles. The fourth-order valence-corrected chi connectivity index (χ4v) is 3.23. The summed E-state index contributed by atoms with van der Waals surface area (Å²) in [6.45, 7) is 4.53. The van der Waals surface area contributed by atoms with E-state index in [-0.39, 0.29) is 5.54 Å². The van der Waals surface area contributed by atoms with E-state index in [2.05, 4.69) is 19.9 Å². The molecule has 3 heteroatoms. The van der Waals surface area contributed by atoms with Crippen LogP contribution in [0.15, 0.2) is 18.2 Å². The second-order valence-electron chi connectivity index (χ2n) is 5.89. The van der Waals surface area contributed by atoms with Crippen LogP contribution in [-0.4, -0.2) is 14.2 Å². The van der Waals surface area contributed by atoms with Gasteiger partial charge in [0, 0.05) is 17.2 Å². The quantitative estimate of drug-likeness (QED) is 0.910. The van der Waals surface area contributed by atoms with E-state index in [0.29, 0.717) is 11.8 Å². The molecule has 0 amide bonds. The third-order valence-electron chi connectivity index (χ3n) is 4.57. The minimum atomic E-state index is -0.296. The highest BCUT2D eigenvalue weighted by Crippen LogP contribution is 2.45. The van der Waals surface area contributed by atoms with E-state index in [0.717, 1.165) is 23.5 Å². The summed E-state index contributed by atoms with van der Waals surface area (Å²) in [5, 5.41) is 0. The van der Waals surface area contributed by atoms with Gasteiger partial charge in [-0.25, -0.2) is 0 Å². The summed E-state index contributed by atoms with van der Waals surface area (Å²) in [5.41, 5.74) is 7.57. The molecule has 0 bridgehead atoms. The van der Waals surface area contributed by atoms with Crippen LogP contribution in [0.2, 0.25) is 0 Å². The molecule has 0 aliphatic heterocycles. The average molecular weight is 263 g/mol. The summed E-state index contributed by atoms with van der Waals surface area (Å²) in [5.74, 6) is 2.77. The molecule has 3 nitrogen and oxygen atoms in total. The van der Waals surface area contributed by atoms with Crippen LogP contribution in [0, 0.1) is 11.8 Å². The van der Waals surface area contributed by atoms with Gasteiger partial charge in [-0.15, -0.1) is 0 Å². The molecular formula is C16H25NO2. The summed E-state index contributed by atoms with van der Waals surface area (Å²) in [6.07, 6.45) is 3.45.